The summed E-state index contributed by atoms with van der Waals surface area (Å²) in [5.74, 6) is -0.360. The van der Waals surface area contributed by atoms with Gasteiger partial charge in [-0.05, 0) is 64.4 Å². The van der Waals surface area contributed by atoms with Gasteiger partial charge in [0, 0.05) is 20.4 Å². The van der Waals surface area contributed by atoms with Gasteiger partial charge in [0.25, 0.3) is 0 Å². The van der Waals surface area contributed by atoms with Crippen LogP contribution in [0.1, 0.15) is 49.2 Å². The van der Waals surface area contributed by atoms with Crippen molar-refractivity contribution in [3.63, 3.8) is 0 Å². The van der Waals surface area contributed by atoms with Crippen LogP contribution in [0.15, 0.2) is 50.6 Å². The van der Waals surface area contributed by atoms with Crippen LogP contribution >= 0.6 is 23.4 Å². The normalized spacial score (nSPS) is 13.0. The maximum Gasteiger partial charge on any atom is 0.339 e. The first kappa shape index (κ1) is 22.8. The molecule has 0 heterocycles. The summed E-state index contributed by atoms with van der Waals surface area (Å²) < 4.78 is 21.2. The summed E-state index contributed by atoms with van der Waals surface area (Å²) in [5.41, 5.74) is 2.20. The van der Waals surface area contributed by atoms with Crippen molar-refractivity contribution in [1.82, 2.24) is 0 Å². The van der Waals surface area contributed by atoms with E-state index in [0.717, 1.165) is 20.9 Å². The summed E-state index contributed by atoms with van der Waals surface area (Å²) >= 11 is 6.29. The molecule has 2 rings (SSSR count). The molecule has 4 nitrogen and oxygen atoms in total. The van der Waals surface area contributed by atoms with Crippen molar-refractivity contribution in [3.05, 3.63) is 58.1 Å². The average Bonchev–Trinajstić information content (AvgIpc) is 2.61. The Labute approximate surface area is 179 Å². The Morgan fingerprint density at radius 3 is 2.64 bits per heavy atom. The van der Waals surface area contributed by atoms with E-state index >= 15 is 0 Å². The largest absolute Gasteiger partial charge is 0.591 e. The molecule has 0 N–H and O–H groups in total. The third-order valence-electron chi connectivity index (χ3n) is 3.67. The highest BCUT2D eigenvalue weighted by atomic mass is 35.5. The molecule has 0 saturated carbocycles. The minimum atomic E-state index is -1.38. The lowest BCUT2D eigenvalue weighted by atomic mass is 10.1. The van der Waals surface area contributed by atoms with Crippen LogP contribution in [0.5, 0.6) is 0 Å². The Bertz CT molecular complexity index is 878. The molecule has 0 aliphatic heterocycles. The summed E-state index contributed by atoms with van der Waals surface area (Å²) in [5, 5.41) is 0.573. The summed E-state index contributed by atoms with van der Waals surface area (Å²) in [6.07, 6.45) is 1.59. The predicted molar refractivity (Wildman–Crippen MR) is 118 cm³/mol. The molecule has 0 radical (unpaired) electrons. The van der Waals surface area contributed by atoms with Gasteiger partial charge >= 0.3 is 5.97 Å². The van der Waals surface area contributed by atoms with Gasteiger partial charge < -0.3 is 9.29 Å². The quantitative estimate of drug-likeness (QED) is 0.322. The van der Waals surface area contributed by atoms with Gasteiger partial charge in [-0.1, -0.05) is 39.9 Å². The number of aryl methyl sites for hydroxylation is 1. The molecular formula is C21H24ClNO3S2. The van der Waals surface area contributed by atoms with Crippen LogP contribution < -0.4 is 0 Å². The van der Waals surface area contributed by atoms with Gasteiger partial charge in [0.05, 0.1) is 18.4 Å². The van der Waals surface area contributed by atoms with Crippen molar-refractivity contribution >= 4 is 46.9 Å². The van der Waals surface area contributed by atoms with Gasteiger partial charge in [0.2, 0.25) is 0 Å². The van der Waals surface area contributed by atoms with Crippen LogP contribution in [0.4, 0.5) is 0 Å². The number of carbonyl (C=O) groups is 1. The molecule has 0 spiro atoms. The van der Waals surface area contributed by atoms with E-state index in [1.54, 1.807) is 31.3 Å². The van der Waals surface area contributed by atoms with Crippen molar-refractivity contribution in [1.29, 1.82) is 0 Å². The predicted octanol–water partition coefficient (Wildman–Crippen LogP) is 5.86. The summed E-state index contributed by atoms with van der Waals surface area (Å²) in [6.45, 7) is 9.65. The van der Waals surface area contributed by atoms with Gasteiger partial charge in [-0.25, -0.2) is 4.79 Å². The van der Waals surface area contributed by atoms with Crippen molar-refractivity contribution < 1.29 is 14.1 Å². The van der Waals surface area contributed by atoms with Gasteiger partial charge in [0.1, 0.15) is 16.1 Å². The fourth-order valence-electron chi connectivity index (χ4n) is 2.30. The maximum absolute atomic E-state index is 12.3. The van der Waals surface area contributed by atoms with Crippen molar-refractivity contribution in [2.75, 3.05) is 6.61 Å². The Hall–Kier alpha value is -1.47. The second kappa shape index (κ2) is 9.83. The highest BCUT2D eigenvalue weighted by molar-refractivity contribution is 7.99. The van der Waals surface area contributed by atoms with Gasteiger partial charge in [-0.3, -0.25) is 0 Å². The topological polar surface area (TPSA) is 61.7 Å². The van der Waals surface area contributed by atoms with Crippen LogP contribution in [0.2, 0.25) is 5.02 Å². The summed E-state index contributed by atoms with van der Waals surface area (Å²) in [4.78, 5) is 14.0. The van der Waals surface area contributed by atoms with Crippen molar-refractivity contribution in [2.24, 2.45) is 4.40 Å². The van der Waals surface area contributed by atoms with Crippen molar-refractivity contribution in [2.45, 2.75) is 49.2 Å². The number of hydrogen-bond donors (Lipinski definition) is 0. The van der Waals surface area contributed by atoms with E-state index in [4.69, 9.17) is 16.3 Å². The SMILES string of the molecule is CCOC(=O)c1ccccc1Sc1c(C)cc(Cl)cc1/C=N\[S+]([O-])C(C)(C)C. The van der Waals surface area contributed by atoms with E-state index in [1.165, 1.54) is 11.8 Å². The zero-order chi connectivity index (χ0) is 20.9. The molecule has 28 heavy (non-hydrogen) atoms. The van der Waals surface area contributed by atoms with E-state index in [-0.39, 0.29) is 5.97 Å². The van der Waals surface area contributed by atoms with Crippen LogP contribution in [0, 0.1) is 6.92 Å². The number of benzene rings is 2. The Morgan fingerprint density at radius 1 is 1.32 bits per heavy atom. The lowest BCUT2D eigenvalue weighted by Crippen LogP contribution is -2.25. The lowest BCUT2D eigenvalue weighted by Gasteiger charge is -2.18. The molecular weight excluding hydrogens is 414 g/mol. The minimum Gasteiger partial charge on any atom is -0.591 e. The number of esters is 1. The molecule has 2 aromatic rings. The molecule has 150 valence electrons. The Kier molecular flexibility index (Phi) is 8.01. The van der Waals surface area contributed by atoms with Crippen LogP contribution in [0.25, 0.3) is 0 Å². The molecule has 0 aliphatic carbocycles. The molecule has 0 saturated heterocycles. The van der Waals surface area contributed by atoms with E-state index in [0.29, 0.717) is 17.2 Å². The van der Waals surface area contributed by atoms with Gasteiger partial charge in [-0.2, -0.15) is 0 Å². The summed E-state index contributed by atoms with van der Waals surface area (Å²) in [6, 6.07) is 10.9. The molecule has 2 aromatic carbocycles. The first-order valence-electron chi connectivity index (χ1n) is 8.83. The van der Waals surface area contributed by atoms with E-state index in [1.807, 2.05) is 45.9 Å². The Morgan fingerprint density at radius 2 is 2.00 bits per heavy atom. The van der Waals surface area contributed by atoms with Crippen molar-refractivity contribution in [3.8, 4) is 0 Å². The summed E-state index contributed by atoms with van der Waals surface area (Å²) in [7, 11) is 0. The van der Waals surface area contributed by atoms with Crippen LogP contribution in [-0.4, -0.2) is 28.1 Å². The number of ether oxygens (including phenoxy) is 1. The molecule has 0 amide bonds. The highest BCUT2D eigenvalue weighted by Gasteiger charge is 2.26. The zero-order valence-electron chi connectivity index (χ0n) is 16.6. The maximum atomic E-state index is 12.3. The first-order valence-corrected chi connectivity index (χ1v) is 11.1. The molecule has 1 atom stereocenters. The van der Waals surface area contributed by atoms with E-state index in [2.05, 4.69) is 4.40 Å². The smallest absolute Gasteiger partial charge is 0.339 e. The molecule has 0 aromatic heterocycles. The minimum absolute atomic E-state index is 0.314. The third-order valence-corrected chi connectivity index (χ3v) is 6.57. The van der Waals surface area contributed by atoms with E-state index < -0.39 is 16.1 Å². The number of rotatable bonds is 6. The Balaban J connectivity index is 2.45. The van der Waals surface area contributed by atoms with E-state index in [9.17, 15) is 9.35 Å². The standard InChI is InChI=1S/C21H24ClNO3S2/c1-6-26-20(24)17-9-7-8-10-18(17)27-19-14(2)11-16(22)12-15(19)13-23-28(25)21(3,4)5/h7-13H,6H2,1-5H3/b23-13-. The molecule has 1 unspecified atom stereocenters. The fourth-order valence-corrected chi connectivity index (χ4v) is 4.18. The second-order valence-electron chi connectivity index (χ2n) is 7.06. The number of carbonyl (C=O) groups excluding carboxylic acids is 1. The highest BCUT2D eigenvalue weighted by Crippen LogP contribution is 2.36. The first-order chi connectivity index (χ1) is 13.1. The zero-order valence-corrected chi connectivity index (χ0v) is 19.0. The molecule has 0 bridgehead atoms. The fraction of sp³-hybridized carbons (Fsp3) is 0.333. The lowest BCUT2D eigenvalue weighted by molar-refractivity contribution is 0.0522. The number of nitrogens with zero attached hydrogens (tertiary/aromatic N) is 1. The van der Waals surface area contributed by atoms with Crippen LogP contribution in [-0.2, 0) is 16.1 Å². The average molecular weight is 438 g/mol. The second-order valence-corrected chi connectivity index (χ2v) is 10.5. The monoisotopic (exact) mass is 437 g/mol. The third kappa shape index (κ3) is 6.01. The van der Waals surface area contributed by atoms with Gasteiger partial charge in [-0.15, -0.1) is 0 Å². The number of halogens is 1. The van der Waals surface area contributed by atoms with Crippen LogP contribution in [0.3, 0.4) is 0 Å². The number of hydrogen-bond acceptors (Lipinski definition) is 5. The molecule has 7 heteroatoms. The van der Waals surface area contributed by atoms with Gasteiger partial charge in [0.15, 0.2) is 0 Å². The molecule has 0 aliphatic rings. The molecule has 0 fully saturated rings.